The molecule has 3 aliphatic heterocycles. The molecule has 0 spiro atoms. The van der Waals surface area contributed by atoms with E-state index in [2.05, 4.69) is 235 Å². The van der Waals surface area contributed by atoms with Crippen molar-refractivity contribution in [2.75, 3.05) is 0 Å². The predicted molar refractivity (Wildman–Crippen MR) is 339 cm³/mol. The second kappa shape index (κ2) is 22.0. The van der Waals surface area contributed by atoms with Crippen LogP contribution in [0.25, 0.3) is 78.5 Å². The van der Waals surface area contributed by atoms with Gasteiger partial charge in [0.1, 0.15) is 11.6 Å². The highest BCUT2D eigenvalue weighted by molar-refractivity contribution is 9.10. The summed E-state index contributed by atoms with van der Waals surface area (Å²) in [6.07, 6.45) is 0. The van der Waals surface area contributed by atoms with Crippen LogP contribution in [0.4, 0.5) is 0 Å². The van der Waals surface area contributed by atoms with Crippen molar-refractivity contribution in [3.63, 3.8) is 0 Å². The van der Waals surface area contributed by atoms with E-state index < -0.39 is 14.0 Å². The molecule has 0 atom stereocenters. The fourth-order valence-electron chi connectivity index (χ4n) is 10.2. The molecule has 8 aromatic carbocycles. The highest BCUT2D eigenvalue weighted by Crippen LogP contribution is 2.43. The maximum absolute atomic E-state index is 6.20. The summed E-state index contributed by atoms with van der Waals surface area (Å²) in [5.74, 6) is 1.89. The molecule has 0 amide bonds. The first-order valence-corrected chi connectivity index (χ1v) is 29.0. The minimum atomic E-state index is -0.476. The van der Waals surface area contributed by atoms with E-state index in [1.165, 1.54) is 11.1 Å². The van der Waals surface area contributed by atoms with Crippen molar-refractivity contribution in [3.8, 4) is 56.4 Å². The molecule has 3 aliphatic rings. The first-order chi connectivity index (χ1) is 39.0. The standard InChI is InChI=1S/C31H29BN2O2.C25H17BrN2.C12H24B2O4/c1-30(2)31(3,4)36-32(35-30)25-20-18-23(19-21-25)22-14-16-24(17-15-22)29-33-27-12-8-9-13-28(27)34(29)26-10-6-5-7-11-26;26-21-16-14-19(15-17-21)18-10-12-20(13-11-18)25-27-23-8-4-5-9-24(23)28(25)22-6-2-1-3-7-22;1-9(2)10(3,4)16-13(15-9)14-17-11(5,6)12(7,8)18-14/h5-21H,1-4H3;1-17H;1-8H3. The van der Waals surface area contributed by atoms with Gasteiger partial charge in [-0.15, -0.1) is 0 Å². The van der Waals surface area contributed by atoms with Gasteiger partial charge in [0, 0.05) is 27.0 Å². The van der Waals surface area contributed by atoms with Crippen molar-refractivity contribution in [1.82, 2.24) is 19.1 Å². The van der Waals surface area contributed by atoms with Crippen molar-refractivity contribution in [1.29, 1.82) is 0 Å². The number of hydrogen-bond donors (Lipinski definition) is 0. The summed E-state index contributed by atoms with van der Waals surface area (Å²) in [4.78, 5) is 9.91. The van der Waals surface area contributed by atoms with Crippen LogP contribution in [0.1, 0.15) is 83.1 Å². The van der Waals surface area contributed by atoms with Gasteiger partial charge < -0.3 is 27.9 Å². The minimum absolute atomic E-state index is 0.345. The zero-order chi connectivity index (χ0) is 57.8. The third-order valence-corrected chi connectivity index (χ3v) is 17.7. The molecule has 13 rings (SSSR count). The van der Waals surface area contributed by atoms with Crippen molar-refractivity contribution < 1.29 is 27.9 Å². The summed E-state index contributed by atoms with van der Waals surface area (Å²) in [5, 5.41) is 0. The van der Waals surface area contributed by atoms with E-state index >= 15 is 0 Å². The molecule has 2 aromatic heterocycles. The summed E-state index contributed by atoms with van der Waals surface area (Å²) < 4.78 is 41.8. The second-order valence-electron chi connectivity index (χ2n) is 24.3. The zero-order valence-corrected chi connectivity index (χ0v) is 50.6. The molecule has 0 N–H and O–H groups in total. The lowest BCUT2D eigenvalue weighted by Crippen LogP contribution is -2.41. The van der Waals surface area contributed by atoms with E-state index in [1.807, 2.05) is 79.7 Å². The lowest BCUT2D eigenvalue weighted by atomic mass is 9.49. The number of nitrogens with zero attached hydrogens (tertiary/aromatic N) is 4. The van der Waals surface area contributed by atoms with E-state index in [-0.39, 0.29) is 40.7 Å². The number of hydrogen-bond acceptors (Lipinski definition) is 8. The van der Waals surface area contributed by atoms with Gasteiger partial charge in [0.15, 0.2) is 0 Å². The van der Waals surface area contributed by atoms with Crippen LogP contribution in [0.15, 0.2) is 211 Å². The fraction of sp³-hybridized carbons (Fsp3) is 0.265. The van der Waals surface area contributed by atoms with Crippen LogP contribution < -0.4 is 5.46 Å². The van der Waals surface area contributed by atoms with Crippen LogP contribution in [0.3, 0.4) is 0 Å². The maximum atomic E-state index is 6.20. The molecule has 0 unspecified atom stereocenters. The number of benzene rings is 8. The van der Waals surface area contributed by atoms with Crippen LogP contribution in [-0.2, 0) is 27.9 Å². The van der Waals surface area contributed by atoms with Crippen LogP contribution in [0.2, 0.25) is 0 Å². The third kappa shape index (κ3) is 11.2. The first-order valence-electron chi connectivity index (χ1n) is 28.2. The van der Waals surface area contributed by atoms with Gasteiger partial charge >= 0.3 is 21.1 Å². The SMILES string of the molecule is Brc1ccc(-c2ccc(-c3nc4ccccc4n3-c3ccccc3)cc2)cc1.CC1(C)OB(B2OC(C)(C)C(C)(C)O2)OC1(C)C.CC1(C)OB(c2ccc(-c3ccc(-c4nc5ccccc5n4-c4ccccc4)cc3)cc2)OC1(C)C. The quantitative estimate of drug-likeness (QED) is 0.139. The molecule has 0 bridgehead atoms. The maximum Gasteiger partial charge on any atom is 0.494 e. The Balaban J connectivity index is 0.000000137. The van der Waals surface area contributed by atoms with E-state index in [1.54, 1.807) is 0 Å². The van der Waals surface area contributed by atoms with Gasteiger partial charge in [-0.3, -0.25) is 9.13 Å². The van der Waals surface area contributed by atoms with Gasteiger partial charge in [0.2, 0.25) is 0 Å². The lowest BCUT2D eigenvalue weighted by Gasteiger charge is -2.32. The highest BCUT2D eigenvalue weighted by Gasteiger charge is 2.63. The molecule has 3 fully saturated rings. The van der Waals surface area contributed by atoms with Gasteiger partial charge in [0.25, 0.3) is 0 Å². The van der Waals surface area contributed by atoms with Crippen molar-refractivity contribution in [3.05, 3.63) is 211 Å². The van der Waals surface area contributed by atoms with Gasteiger partial charge in [-0.25, -0.2) is 9.97 Å². The average Bonchev–Trinajstić information content (AvgIpc) is 4.43. The monoisotopic (exact) mass is 1150 g/mol. The number of fused-ring (bicyclic) bond motifs is 2. The first kappa shape index (κ1) is 57.0. The van der Waals surface area contributed by atoms with Gasteiger partial charge in [-0.1, -0.05) is 162 Å². The van der Waals surface area contributed by atoms with Crippen molar-refractivity contribution in [2.24, 2.45) is 0 Å². The van der Waals surface area contributed by atoms with Gasteiger partial charge in [-0.05, 0) is 171 Å². The lowest BCUT2D eigenvalue weighted by molar-refractivity contribution is 0.00578. The molecular weight excluding hydrogens is 1080 g/mol. The Morgan fingerprint density at radius 3 is 0.951 bits per heavy atom. The third-order valence-electron chi connectivity index (χ3n) is 17.1. The molecule has 82 heavy (non-hydrogen) atoms. The Morgan fingerprint density at radius 2 is 0.598 bits per heavy atom. The largest absolute Gasteiger partial charge is 0.494 e. The molecular formula is C68H70B3BrN4O6. The molecule has 10 aromatic rings. The number of rotatable bonds is 8. The smallest absolute Gasteiger partial charge is 0.405 e. The normalized spacial score (nSPS) is 18.0. The summed E-state index contributed by atoms with van der Waals surface area (Å²) >= 11 is 3.50. The fourth-order valence-corrected chi connectivity index (χ4v) is 10.5. The molecule has 3 saturated heterocycles. The van der Waals surface area contributed by atoms with Gasteiger partial charge in [-0.2, -0.15) is 0 Å². The highest BCUT2D eigenvalue weighted by atomic mass is 79.9. The van der Waals surface area contributed by atoms with E-state index in [0.29, 0.717) is 0 Å². The topological polar surface area (TPSA) is 91.0 Å². The minimum Gasteiger partial charge on any atom is -0.405 e. The number of imidazole rings is 2. The molecule has 414 valence electrons. The van der Waals surface area contributed by atoms with Crippen molar-refractivity contribution in [2.45, 2.75) is 117 Å². The Bertz CT molecular complexity index is 3770. The number of para-hydroxylation sites is 6. The Labute approximate surface area is 492 Å². The molecule has 0 aliphatic carbocycles. The van der Waals surface area contributed by atoms with E-state index in [9.17, 15) is 0 Å². The Kier molecular flexibility index (Phi) is 15.3. The summed E-state index contributed by atoms with van der Waals surface area (Å²) in [7, 11) is -1.30. The second-order valence-corrected chi connectivity index (χ2v) is 25.2. The Hall–Kier alpha value is -6.87. The van der Waals surface area contributed by atoms with Crippen molar-refractivity contribution >= 4 is 64.6 Å². The van der Waals surface area contributed by atoms with Crippen LogP contribution in [0, 0.1) is 0 Å². The zero-order valence-electron chi connectivity index (χ0n) is 49.0. The summed E-state index contributed by atoms with van der Waals surface area (Å²) in [5.41, 5.74) is 12.2. The Morgan fingerprint density at radius 1 is 0.317 bits per heavy atom. The number of aromatic nitrogens is 4. The van der Waals surface area contributed by atoms with Crippen LogP contribution in [-0.4, -0.2) is 73.8 Å². The van der Waals surface area contributed by atoms with E-state index in [0.717, 1.165) is 77.3 Å². The van der Waals surface area contributed by atoms with Gasteiger partial charge in [0.05, 0.1) is 55.7 Å². The summed E-state index contributed by atoms with van der Waals surface area (Å²) in [6.45, 7) is 24.5. The molecule has 5 heterocycles. The van der Waals surface area contributed by atoms with Crippen LogP contribution in [0.5, 0.6) is 0 Å². The van der Waals surface area contributed by atoms with E-state index in [4.69, 9.17) is 37.9 Å². The molecule has 0 radical (unpaired) electrons. The molecule has 0 saturated carbocycles. The number of halogens is 1. The van der Waals surface area contributed by atoms with Crippen LogP contribution >= 0.6 is 15.9 Å². The average molecular weight is 1150 g/mol. The summed E-state index contributed by atoms with van der Waals surface area (Å²) in [6, 6.07) is 71.4. The predicted octanol–water partition coefficient (Wildman–Crippen LogP) is 16.0. The molecule has 14 heteroatoms. The molecule has 10 nitrogen and oxygen atoms in total.